The van der Waals surface area contributed by atoms with Gasteiger partial charge in [0.2, 0.25) is 11.8 Å². The minimum absolute atomic E-state index is 0.000663. The number of nitrogens with one attached hydrogen (secondary N) is 2. The molecule has 0 spiro atoms. The monoisotopic (exact) mass is 695 g/mol. The van der Waals surface area contributed by atoms with Crippen LogP contribution < -0.4 is 10.8 Å². The number of hydrogen-bond donors (Lipinski definition) is 4. The number of aliphatic hydroxyl groups excluding tert-OH is 1. The highest BCUT2D eigenvalue weighted by Gasteiger charge is 2.33. The Morgan fingerprint density at radius 1 is 0.700 bits per heavy atom. The minimum atomic E-state index is -0.540. The van der Waals surface area contributed by atoms with Crippen LogP contribution >= 0.6 is 0 Å². The maximum atomic E-state index is 12.5. The third-order valence-electron chi connectivity index (χ3n) is 9.63. The van der Waals surface area contributed by atoms with E-state index in [0.717, 1.165) is 49.2 Å². The summed E-state index contributed by atoms with van der Waals surface area (Å²) in [4.78, 5) is 26.3. The summed E-state index contributed by atoms with van der Waals surface area (Å²) in [5.41, 5.74) is 5.22. The number of aliphatic hydroxyl groups is 1. The van der Waals surface area contributed by atoms with Gasteiger partial charge < -0.3 is 24.8 Å². The van der Waals surface area contributed by atoms with Crippen LogP contribution in [0.1, 0.15) is 159 Å². The van der Waals surface area contributed by atoms with E-state index in [1.54, 1.807) is 5.48 Å². The van der Waals surface area contributed by atoms with Crippen molar-refractivity contribution in [2.24, 2.45) is 0 Å². The minimum Gasteiger partial charge on any atom is -0.392 e. The number of anilines is 1. The Morgan fingerprint density at radius 3 is 1.82 bits per heavy atom. The van der Waals surface area contributed by atoms with Gasteiger partial charge in [-0.05, 0) is 62.0 Å². The maximum Gasteiger partial charge on any atom is 0.243 e. The van der Waals surface area contributed by atoms with Crippen LogP contribution in [0.5, 0.6) is 0 Å². The average molecular weight is 696 g/mol. The van der Waals surface area contributed by atoms with E-state index in [4.69, 9.17) is 14.7 Å². The zero-order valence-electron chi connectivity index (χ0n) is 30.9. The van der Waals surface area contributed by atoms with Gasteiger partial charge in [-0.1, -0.05) is 121 Å². The van der Waals surface area contributed by atoms with Crippen LogP contribution in [-0.4, -0.2) is 52.8 Å². The molecule has 280 valence electrons. The van der Waals surface area contributed by atoms with Gasteiger partial charge in [-0.25, -0.2) is 5.48 Å². The quantitative estimate of drug-likeness (QED) is 0.0440. The molecular formula is C41H65N3O6. The zero-order chi connectivity index (χ0) is 35.8. The summed E-state index contributed by atoms with van der Waals surface area (Å²) in [7, 11) is 0. The van der Waals surface area contributed by atoms with Crippen LogP contribution in [0.2, 0.25) is 0 Å². The lowest BCUT2D eigenvalue weighted by Gasteiger charge is -2.38. The molecule has 2 aromatic rings. The normalized spacial score (nSPS) is 17.6. The first-order valence-electron chi connectivity index (χ1n) is 19.5. The predicted octanol–water partition coefficient (Wildman–Crippen LogP) is 9.14. The topological polar surface area (TPSA) is 120 Å². The van der Waals surface area contributed by atoms with Gasteiger partial charge in [-0.3, -0.25) is 14.8 Å². The fraction of sp³-hybridized carbons (Fsp3) is 0.659. The van der Waals surface area contributed by atoms with Gasteiger partial charge >= 0.3 is 0 Å². The van der Waals surface area contributed by atoms with E-state index in [-0.39, 0.29) is 31.1 Å². The lowest BCUT2D eigenvalue weighted by molar-refractivity contribution is -0.253. The molecule has 0 bridgehead atoms. The molecule has 1 fully saturated rings. The lowest BCUT2D eigenvalue weighted by atomic mass is 9.99. The second-order valence-electron chi connectivity index (χ2n) is 14.0. The van der Waals surface area contributed by atoms with E-state index >= 15 is 0 Å². The number of unbranched alkanes of at least 4 members (excludes halogenated alkanes) is 12. The Morgan fingerprint density at radius 2 is 1.24 bits per heavy atom. The molecule has 0 aliphatic carbocycles. The summed E-state index contributed by atoms with van der Waals surface area (Å²) in [5.74, 6) is -0.479. The summed E-state index contributed by atoms with van der Waals surface area (Å²) in [6.45, 7) is 7.59. The van der Waals surface area contributed by atoms with Gasteiger partial charge in [0.15, 0.2) is 6.29 Å². The first-order valence-corrected chi connectivity index (χ1v) is 19.5. The Balaban J connectivity index is 1.65. The second-order valence-corrected chi connectivity index (χ2v) is 14.0. The molecule has 3 rings (SSSR count). The van der Waals surface area contributed by atoms with E-state index in [1.807, 2.05) is 36.4 Å². The van der Waals surface area contributed by atoms with Gasteiger partial charge in [0.25, 0.3) is 0 Å². The fourth-order valence-corrected chi connectivity index (χ4v) is 6.60. The molecule has 4 N–H and O–H groups in total. The highest BCUT2D eigenvalue weighted by molar-refractivity contribution is 5.90. The number of ether oxygens (including phenoxy) is 2. The van der Waals surface area contributed by atoms with Crippen molar-refractivity contribution in [3.05, 3.63) is 65.2 Å². The third-order valence-corrected chi connectivity index (χ3v) is 9.63. The van der Waals surface area contributed by atoms with Gasteiger partial charge in [0.05, 0.1) is 18.8 Å². The molecule has 1 heterocycles. The molecule has 50 heavy (non-hydrogen) atoms. The van der Waals surface area contributed by atoms with Gasteiger partial charge in [0, 0.05) is 37.1 Å². The van der Waals surface area contributed by atoms with E-state index in [9.17, 15) is 14.7 Å². The third kappa shape index (κ3) is 16.5. The molecule has 0 saturated carbocycles. The van der Waals surface area contributed by atoms with Crippen LogP contribution in [-0.2, 0) is 25.7 Å². The molecule has 1 aliphatic heterocycles. The van der Waals surface area contributed by atoms with E-state index in [0.29, 0.717) is 24.9 Å². The smallest absolute Gasteiger partial charge is 0.243 e. The van der Waals surface area contributed by atoms with Crippen LogP contribution in [0.3, 0.4) is 0 Å². The summed E-state index contributed by atoms with van der Waals surface area (Å²) < 4.78 is 13.3. The molecule has 0 aromatic heterocycles. The highest BCUT2D eigenvalue weighted by atomic mass is 16.7. The van der Waals surface area contributed by atoms with Crippen LogP contribution in [0.15, 0.2) is 48.5 Å². The number of carbonyl (C=O) groups excluding carboxylic acids is 2. The molecule has 3 atom stereocenters. The Labute approximate surface area is 301 Å². The number of nitrogens with zero attached hydrogens (tertiary/aromatic N) is 1. The molecular weight excluding hydrogens is 630 g/mol. The molecule has 2 aromatic carbocycles. The van der Waals surface area contributed by atoms with Crippen molar-refractivity contribution in [2.75, 3.05) is 25.0 Å². The SMILES string of the molecule is CCCCCCCCN(CCCCCCCC)C[C@H]1C[C@@H](c2ccc(CO)cc2)O[C@@H](c2ccc(NC(=O)CCCCCC(=O)NO)cc2)O1. The average Bonchev–Trinajstić information content (AvgIpc) is 3.14. The number of carbonyl (C=O) groups is 2. The number of hydrogen-bond acceptors (Lipinski definition) is 7. The van der Waals surface area contributed by atoms with Crippen molar-refractivity contribution >= 4 is 17.5 Å². The van der Waals surface area contributed by atoms with Gasteiger partial charge in [-0.15, -0.1) is 0 Å². The first kappa shape index (κ1) is 41.6. The fourth-order valence-electron chi connectivity index (χ4n) is 6.60. The summed E-state index contributed by atoms with van der Waals surface area (Å²) in [6, 6.07) is 15.8. The van der Waals surface area contributed by atoms with Crippen LogP contribution in [0, 0.1) is 0 Å². The molecule has 0 unspecified atom stereocenters. The van der Waals surface area contributed by atoms with E-state index < -0.39 is 12.2 Å². The van der Waals surface area contributed by atoms with E-state index in [1.165, 1.54) is 77.0 Å². The molecule has 1 aliphatic rings. The Hall–Kier alpha value is -2.82. The second kappa shape index (κ2) is 25.2. The molecule has 0 radical (unpaired) electrons. The number of amides is 2. The number of hydroxylamine groups is 1. The van der Waals surface area contributed by atoms with Crippen molar-refractivity contribution in [2.45, 2.75) is 155 Å². The highest BCUT2D eigenvalue weighted by Crippen LogP contribution is 2.38. The summed E-state index contributed by atoms with van der Waals surface area (Å²) in [5, 5.41) is 21.2. The molecule has 1 saturated heterocycles. The van der Waals surface area contributed by atoms with Crippen molar-refractivity contribution in [3.63, 3.8) is 0 Å². The molecule has 9 heteroatoms. The summed E-state index contributed by atoms with van der Waals surface area (Å²) >= 11 is 0. The standard InChI is InChI=1S/C41H65N3O6/c1-3-5-7-9-11-16-28-44(29-17-12-10-8-6-4-2)31-37-30-38(34-22-20-33(32-45)21-23-34)50-41(49-37)35-24-26-36(27-25-35)42-39(46)18-14-13-15-19-40(47)43-48/h20-27,37-38,41,45,48H,3-19,28-32H2,1-2H3,(H,42,46)(H,43,47)/t37-,38+,41+/m1/s1. The van der Waals surface area contributed by atoms with Crippen molar-refractivity contribution in [1.29, 1.82) is 0 Å². The van der Waals surface area contributed by atoms with Crippen molar-refractivity contribution < 1.29 is 29.4 Å². The first-order chi connectivity index (χ1) is 24.4. The van der Waals surface area contributed by atoms with Crippen molar-refractivity contribution in [3.8, 4) is 0 Å². The molecule has 2 amide bonds. The lowest BCUT2D eigenvalue weighted by Crippen LogP contribution is -2.40. The maximum absolute atomic E-state index is 12.5. The van der Waals surface area contributed by atoms with E-state index in [2.05, 4.69) is 36.2 Å². The zero-order valence-corrected chi connectivity index (χ0v) is 30.9. The van der Waals surface area contributed by atoms with Crippen LogP contribution in [0.4, 0.5) is 5.69 Å². The van der Waals surface area contributed by atoms with Crippen molar-refractivity contribution in [1.82, 2.24) is 10.4 Å². The number of benzene rings is 2. The largest absolute Gasteiger partial charge is 0.392 e. The van der Waals surface area contributed by atoms with Crippen LogP contribution in [0.25, 0.3) is 0 Å². The summed E-state index contributed by atoms with van der Waals surface area (Å²) in [6.07, 6.45) is 18.1. The Kier molecular flexibility index (Phi) is 21.0. The van der Waals surface area contributed by atoms with Gasteiger partial charge in [0.1, 0.15) is 0 Å². The number of rotatable bonds is 26. The molecule has 9 nitrogen and oxygen atoms in total. The van der Waals surface area contributed by atoms with Gasteiger partial charge in [-0.2, -0.15) is 0 Å². The Bertz CT molecular complexity index is 1180. The predicted molar refractivity (Wildman–Crippen MR) is 200 cm³/mol.